The molecule has 0 radical (unpaired) electrons. The van der Waals surface area contributed by atoms with Crippen LogP contribution < -0.4 is 4.52 Å². The maximum atomic E-state index is 11.8. The van der Waals surface area contributed by atoms with Crippen molar-refractivity contribution in [1.29, 1.82) is 0 Å². The summed E-state index contributed by atoms with van der Waals surface area (Å²) in [6.45, 7) is 4.37. The van der Waals surface area contributed by atoms with E-state index in [1.54, 1.807) is 18.2 Å². The molecule has 98 valence electrons. The minimum absolute atomic E-state index is 0.199. The van der Waals surface area contributed by atoms with E-state index in [-0.39, 0.29) is 5.75 Å². The smallest absolute Gasteiger partial charge is 0.380 e. The SMILES string of the molecule is C=CC(=O)C(C)(O)CP(=O)(O)Oc1ccccc1. The van der Waals surface area contributed by atoms with Crippen molar-refractivity contribution in [2.45, 2.75) is 12.5 Å². The van der Waals surface area contributed by atoms with Crippen molar-refractivity contribution in [3.63, 3.8) is 0 Å². The lowest BCUT2D eigenvalue weighted by atomic mass is 10.0. The van der Waals surface area contributed by atoms with Gasteiger partial charge in [0.05, 0.1) is 6.16 Å². The Hall–Kier alpha value is -1.42. The van der Waals surface area contributed by atoms with Gasteiger partial charge >= 0.3 is 7.60 Å². The predicted octanol–water partition coefficient (Wildman–Crippen LogP) is 1.76. The molecule has 5 nitrogen and oxygen atoms in total. The molecule has 2 unspecified atom stereocenters. The first-order valence-electron chi connectivity index (χ1n) is 5.22. The van der Waals surface area contributed by atoms with Crippen molar-refractivity contribution in [3.8, 4) is 5.75 Å². The summed E-state index contributed by atoms with van der Waals surface area (Å²) >= 11 is 0. The van der Waals surface area contributed by atoms with Gasteiger partial charge in [-0.1, -0.05) is 24.8 Å². The maximum absolute atomic E-state index is 11.8. The molecule has 2 atom stereocenters. The second-order valence-corrected chi connectivity index (χ2v) is 5.82. The van der Waals surface area contributed by atoms with Gasteiger partial charge in [-0.05, 0) is 25.1 Å². The van der Waals surface area contributed by atoms with Gasteiger partial charge in [-0.2, -0.15) is 0 Å². The summed E-state index contributed by atoms with van der Waals surface area (Å²) in [6.07, 6.45) is 0.211. The van der Waals surface area contributed by atoms with Crippen LogP contribution in [0.25, 0.3) is 0 Å². The second kappa shape index (κ2) is 5.48. The van der Waals surface area contributed by atoms with Gasteiger partial charge in [0, 0.05) is 0 Å². The van der Waals surface area contributed by atoms with Gasteiger partial charge in [0.1, 0.15) is 11.4 Å². The molecule has 0 fully saturated rings. The number of hydrogen-bond acceptors (Lipinski definition) is 4. The topological polar surface area (TPSA) is 83.8 Å². The van der Waals surface area contributed by atoms with E-state index in [0.717, 1.165) is 13.0 Å². The van der Waals surface area contributed by atoms with Crippen LogP contribution in [-0.4, -0.2) is 27.5 Å². The number of carbonyl (C=O) groups excluding carboxylic acids is 1. The summed E-state index contributed by atoms with van der Waals surface area (Å²) in [4.78, 5) is 20.9. The van der Waals surface area contributed by atoms with Crippen LogP contribution in [0.15, 0.2) is 43.0 Å². The molecule has 0 saturated heterocycles. The first-order chi connectivity index (χ1) is 8.27. The van der Waals surface area contributed by atoms with Crippen LogP contribution >= 0.6 is 7.60 Å². The van der Waals surface area contributed by atoms with Gasteiger partial charge in [-0.25, -0.2) is 4.57 Å². The number of hydrogen-bond donors (Lipinski definition) is 2. The largest absolute Gasteiger partial charge is 0.424 e. The van der Waals surface area contributed by atoms with E-state index in [9.17, 15) is 19.4 Å². The normalized spacial score (nSPS) is 17.3. The lowest BCUT2D eigenvalue weighted by Crippen LogP contribution is -2.38. The molecule has 0 aliphatic carbocycles. The van der Waals surface area contributed by atoms with E-state index in [1.807, 2.05) is 0 Å². The summed E-state index contributed by atoms with van der Waals surface area (Å²) in [6, 6.07) is 8.02. The minimum atomic E-state index is -4.12. The molecule has 1 aromatic rings. The van der Waals surface area contributed by atoms with Gasteiger partial charge in [0.15, 0.2) is 5.78 Å². The van der Waals surface area contributed by atoms with E-state index in [2.05, 4.69) is 6.58 Å². The fourth-order valence-corrected chi connectivity index (χ4v) is 2.81. The molecule has 6 heteroatoms. The monoisotopic (exact) mass is 270 g/mol. The molecule has 0 saturated carbocycles. The van der Waals surface area contributed by atoms with E-state index in [1.165, 1.54) is 12.1 Å². The minimum Gasteiger partial charge on any atom is -0.424 e. The Bertz CT molecular complexity index is 481. The summed E-state index contributed by atoms with van der Waals surface area (Å²) in [5.74, 6) is -0.529. The number of ketones is 1. The van der Waals surface area contributed by atoms with Crippen LogP contribution in [0.3, 0.4) is 0 Å². The molecule has 0 aliphatic rings. The fraction of sp³-hybridized carbons (Fsp3) is 0.250. The zero-order chi connectivity index (χ0) is 13.8. The van der Waals surface area contributed by atoms with E-state index in [0.29, 0.717) is 0 Å². The zero-order valence-electron chi connectivity index (χ0n) is 9.94. The van der Waals surface area contributed by atoms with Crippen LogP contribution in [0.1, 0.15) is 6.92 Å². The predicted molar refractivity (Wildman–Crippen MR) is 67.6 cm³/mol. The van der Waals surface area contributed by atoms with Crippen molar-refractivity contribution < 1.29 is 23.9 Å². The first-order valence-corrected chi connectivity index (χ1v) is 6.99. The zero-order valence-corrected chi connectivity index (χ0v) is 10.8. The third kappa shape index (κ3) is 4.11. The van der Waals surface area contributed by atoms with Crippen molar-refractivity contribution >= 4 is 13.4 Å². The molecule has 0 aromatic heterocycles. The quantitative estimate of drug-likeness (QED) is 0.607. The Balaban J connectivity index is 2.80. The Morgan fingerprint density at radius 1 is 1.50 bits per heavy atom. The summed E-state index contributed by atoms with van der Waals surface area (Å²) in [5, 5.41) is 9.76. The van der Waals surface area contributed by atoms with Crippen molar-refractivity contribution in [3.05, 3.63) is 43.0 Å². The molecule has 0 spiro atoms. The molecule has 0 aliphatic heterocycles. The van der Waals surface area contributed by atoms with Crippen LogP contribution in [0.4, 0.5) is 0 Å². The highest BCUT2D eigenvalue weighted by Gasteiger charge is 2.38. The van der Waals surface area contributed by atoms with Crippen molar-refractivity contribution in [2.75, 3.05) is 6.16 Å². The number of aliphatic hydroxyl groups is 1. The first kappa shape index (κ1) is 14.6. The average molecular weight is 270 g/mol. The number of para-hydroxylation sites is 1. The van der Waals surface area contributed by atoms with E-state index >= 15 is 0 Å². The molecule has 1 rings (SSSR count). The van der Waals surface area contributed by atoms with Gasteiger partial charge in [-0.3, -0.25) is 4.79 Å². The summed E-state index contributed by atoms with van der Waals surface area (Å²) in [5.41, 5.74) is -1.97. The molecule has 0 amide bonds. The van der Waals surface area contributed by atoms with Crippen LogP contribution in [0.5, 0.6) is 5.75 Å². The number of benzene rings is 1. The maximum Gasteiger partial charge on any atom is 0.380 e. The van der Waals surface area contributed by atoms with Gasteiger partial charge < -0.3 is 14.5 Å². The Labute approximate surface area is 105 Å². The van der Waals surface area contributed by atoms with E-state index < -0.39 is 25.1 Å². The van der Waals surface area contributed by atoms with Crippen LogP contribution in [0.2, 0.25) is 0 Å². The third-order valence-corrected chi connectivity index (χ3v) is 3.73. The van der Waals surface area contributed by atoms with Gasteiger partial charge in [0.2, 0.25) is 0 Å². The molecule has 1 aromatic carbocycles. The van der Waals surface area contributed by atoms with Crippen LogP contribution in [0, 0.1) is 0 Å². The molecular weight excluding hydrogens is 255 g/mol. The highest BCUT2D eigenvalue weighted by atomic mass is 31.2. The van der Waals surface area contributed by atoms with Gasteiger partial charge in [0.25, 0.3) is 0 Å². The molecule has 2 N–H and O–H groups in total. The second-order valence-electron chi connectivity index (χ2n) is 4.04. The van der Waals surface area contributed by atoms with Crippen molar-refractivity contribution in [2.24, 2.45) is 0 Å². The highest BCUT2D eigenvalue weighted by molar-refractivity contribution is 7.53. The molecule has 18 heavy (non-hydrogen) atoms. The van der Waals surface area contributed by atoms with Gasteiger partial charge in [-0.15, -0.1) is 0 Å². The van der Waals surface area contributed by atoms with Crippen LogP contribution in [-0.2, 0) is 9.36 Å². The Morgan fingerprint density at radius 3 is 2.56 bits per heavy atom. The fourth-order valence-electron chi connectivity index (χ4n) is 1.37. The summed E-state index contributed by atoms with van der Waals surface area (Å²) in [7, 11) is -4.12. The Morgan fingerprint density at radius 2 is 2.06 bits per heavy atom. The standard InChI is InChI=1S/C12H15O5P/c1-3-11(13)12(2,14)9-18(15,16)17-10-7-5-4-6-8-10/h3-8,14H,1,9H2,2H3,(H,15,16). The molecule has 0 heterocycles. The number of rotatable bonds is 6. The number of carbonyl (C=O) groups is 1. The lowest BCUT2D eigenvalue weighted by molar-refractivity contribution is -0.128. The molecule has 0 bridgehead atoms. The van der Waals surface area contributed by atoms with Crippen molar-refractivity contribution in [1.82, 2.24) is 0 Å². The lowest BCUT2D eigenvalue weighted by Gasteiger charge is -2.23. The molecular formula is C12H15O5P. The van der Waals surface area contributed by atoms with E-state index in [4.69, 9.17) is 4.52 Å². The Kier molecular flexibility index (Phi) is 4.46. The third-order valence-electron chi connectivity index (χ3n) is 2.22. The highest BCUT2D eigenvalue weighted by Crippen LogP contribution is 2.45. The average Bonchev–Trinajstić information content (AvgIpc) is 2.27. The summed E-state index contributed by atoms with van der Waals surface area (Å²) < 4.78 is 16.7.